The Bertz CT molecular complexity index is 1990. The zero-order chi connectivity index (χ0) is 27.5. The van der Waals surface area contributed by atoms with Crippen molar-refractivity contribution in [3.63, 3.8) is 0 Å². The van der Waals surface area contributed by atoms with Crippen LogP contribution in [0.4, 0.5) is 0 Å². The molecule has 2 aliphatic heterocycles. The molecule has 6 aromatic carbocycles. The topological polar surface area (TPSA) is 18.5 Å². The Hall–Kier alpha value is -4.91. The lowest BCUT2D eigenvalue weighted by Crippen LogP contribution is -2.32. The molecule has 0 amide bonds. The van der Waals surface area contributed by atoms with E-state index in [0.717, 1.165) is 50.6 Å². The fraction of sp³-hybridized carbons (Fsp3) is 0. The maximum atomic E-state index is 6.75. The van der Waals surface area contributed by atoms with Crippen molar-refractivity contribution >= 4 is 51.0 Å². The fourth-order valence-corrected chi connectivity index (χ4v) is 8.98. The highest BCUT2D eigenvalue weighted by molar-refractivity contribution is 7.81. The summed E-state index contributed by atoms with van der Waals surface area (Å²) in [6.45, 7) is 7.85. The van der Waals surface area contributed by atoms with E-state index in [1.807, 2.05) is 12.2 Å². The van der Waals surface area contributed by atoms with Crippen molar-refractivity contribution in [1.82, 2.24) is 0 Å². The quantitative estimate of drug-likeness (QED) is 0.162. The minimum atomic E-state index is -0.940. The van der Waals surface area contributed by atoms with Gasteiger partial charge in [0.2, 0.25) is 0 Å². The largest absolute Gasteiger partial charge is 0.456 e. The van der Waals surface area contributed by atoms with Crippen LogP contribution in [0, 0.1) is 0 Å². The summed E-state index contributed by atoms with van der Waals surface area (Å²) in [4.78, 5) is 0. The summed E-state index contributed by atoms with van der Waals surface area (Å²) >= 11 is 0. The van der Waals surface area contributed by atoms with Gasteiger partial charge in [-0.3, -0.25) is 0 Å². The minimum Gasteiger partial charge on any atom is -0.456 e. The van der Waals surface area contributed by atoms with Gasteiger partial charge in [0.15, 0.2) is 0 Å². The predicted molar refractivity (Wildman–Crippen MR) is 174 cm³/mol. The van der Waals surface area contributed by atoms with Gasteiger partial charge in [-0.25, -0.2) is 0 Å². The summed E-state index contributed by atoms with van der Waals surface area (Å²) in [6, 6.07) is 38.7. The van der Waals surface area contributed by atoms with Gasteiger partial charge in [-0.15, -0.1) is 0 Å². The van der Waals surface area contributed by atoms with Crippen LogP contribution in [0.5, 0.6) is 23.0 Å². The lowest BCUT2D eigenvalue weighted by Gasteiger charge is -2.36. The van der Waals surface area contributed by atoms with Crippen LogP contribution in [0.1, 0.15) is 5.56 Å². The van der Waals surface area contributed by atoms with Crippen LogP contribution < -0.4 is 25.4 Å². The van der Waals surface area contributed by atoms with E-state index in [-0.39, 0.29) is 0 Å². The molecule has 194 valence electrons. The Morgan fingerprint density at radius 1 is 0.561 bits per heavy atom. The number of hydrogen-bond acceptors (Lipinski definition) is 2. The highest BCUT2D eigenvalue weighted by atomic mass is 31.1. The molecule has 2 nitrogen and oxygen atoms in total. The third-order valence-electron chi connectivity index (χ3n) is 7.92. The molecule has 0 unspecified atom stereocenters. The highest BCUT2D eigenvalue weighted by Crippen LogP contribution is 2.56. The fourth-order valence-electron chi connectivity index (χ4n) is 6.08. The van der Waals surface area contributed by atoms with Crippen molar-refractivity contribution in [2.24, 2.45) is 0 Å². The molecule has 2 aliphatic rings. The molecule has 0 bridgehead atoms. The van der Waals surface area contributed by atoms with Crippen LogP contribution in [-0.4, -0.2) is 0 Å². The van der Waals surface area contributed by atoms with Gasteiger partial charge in [-0.2, -0.15) is 0 Å². The summed E-state index contributed by atoms with van der Waals surface area (Å²) < 4.78 is 13.5. The molecule has 0 saturated carbocycles. The smallest absolute Gasteiger partial charge is 0.140 e. The molecule has 0 aliphatic carbocycles. The lowest BCUT2D eigenvalue weighted by atomic mass is 9.98. The molecule has 2 heterocycles. The number of benzene rings is 6. The predicted octanol–water partition coefficient (Wildman–Crippen LogP) is 9.38. The van der Waals surface area contributed by atoms with Gasteiger partial charge in [-0.1, -0.05) is 110 Å². The van der Waals surface area contributed by atoms with Crippen LogP contribution >= 0.6 is 7.92 Å². The van der Waals surface area contributed by atoms with E-state index in [9.17, 15) is 0 Å². The van der Waals surface area contributed by atoms with Crippen LogP contribution in [0.2, 0.25) is 0 Å². The molecular weight excluding hydrogens is 519 g/mol. The van der Waals surface area contributed by atoms with Crippen molar-refractivity contribution in [2.45, 2.75) is 0 Å². The number of rotatable bonds is 4. The van der Waals surface area contributed by atoms with Crippen LogP contribution in [0.3, 0.4) is 0 Å². The van der Waals surface area contributed by atoms with E-state index in [2.05, 4.69) is 122 Å². The van der Waals surface area contributed by atoms with Crippen molar-refractivity contribution in [2.75, 3.05) is 0 Å². The molecule has 3 heteroatoms. The molecule has 0 N–H and O–H groups in total. The van der Waals surface area contributed by atoms with Crippen molar-refractivity contribution < 1.29 is 9.47 Å². The number of hydrogen-bond donors (Lipinski definition) is 0. The van der Waals surface area contributed by atoms with Crippen molar-refractivity contribution in [1.29, 1.82) is 0 Å². The molecule has 41 heavy (non-hydrogen) atoms. The van der Waals surface area contributed by atoms with Gasteiger partial charge in [0.05, 0.1) is 5.30 Å². The third kappa shape index (κ3) is 3.69. The normalized spacial score (nSPS) is 13.5. The van der Waals surface area contributed by atoms with Gasteiger partial charge in [0, 0.05) is 18.5 Å². The first-order valence-corrected chi connectivity index (χ1v) is 15.0. The average Bonchev–Trinajstić information content (AvgIpc) is 3.03. The van der Waals surface area contributed by atoms with E-state index in [0.29, 0.717) is 0 Å². The van der Waals surface area contributed by atoms with E-state index in [4.69, 9.17) is 9.47 Å². The molecule has 0 saturated heterocycles. The maximum Gasteiger partial charge on any atom is 0.140 e. The van der Waals surface area contributed by atoms with E-state index in [1.54, 1.807) is 6.08 Å². The Labute approximate surface area is 240 Å². The third-order valence-corrected chi connectivity index (χ3v) is 10.6. The van der Waals surface area contributed by atoms with Gasteiger partial charge in [0.1, 0.15) is 23.0 Å². The summed E-state index contributed by atoms with van der Waals surface area (Å²) in [5.74, 6) is 3.56. The zero-order valence-corrected chi connectivity index (χ0v) is 23.2. The van der Waals surface area contributed by atoms with Crippen LogP contribution in [0.15, 0.2) is 141 Å². The van der Waals surface area contributed by atoms with Crippen molar-refractivity contribution in [3.8, 4) is 34.1 Å². The van der Waals surface area contributed by atoms with Crippen LogP contribution in [-0.2, 0) is 0 Å². The number of fused-ring (bicyclic) bond motifs is 8. The van der Waals surface area contributed by atoms with Gasteiger partial charge in [-0.05, 0) is 74.1 Å². The monoisotopic (exact) mass is 544 g/mol. The Morgan fingerprint density at radius 3 is 1.76 bits per heavy atom. The summed E-state index contributed by atoms with van der Waals surface area (Å²) in [5, 5.41) is 8.56. The van der Waals surface area contributed by atoms with E-state index in [1.165, 1.54) is 32.2 Å². The molecule has 0 fully saturated rings. The summed E-state index contributed by atoms with van der Waals surface area (Å²) in [5.41, 5.74) is 4.25. The first kappa shape index (κ1) is 23.9. The standard InChI is InChI=1S/C38H25O2P/c1-3-10-24(4-2)27-13-9-14-28(21-27)29-22-34-38-35(23-29)40-33-20-18-26-12-6-8-16-31(26)37(33)41(38)36-30-15-7-5-11-25(30)17-19-32(36)39-34/h3-23H,1-2H2/b24-10+. The number of ether oxygens (including phenoxy) is 2. The van der Waals surface area contributed by atoms with E-state index < -0.39 is 7.92 Å². The molecule has 0 radical (unpaired) electrons. The summed E-state index contributed by atoms with van der Waals surface area (Å²) in [7, 11) is -0.940. The Kier molecular flexibility index (Phi) is 5.45. The van der Waals surface area contributed by atoms with Crippen LogP contribution in [0.25, 0.3) is 38.2 Å². The van der Waals surface area contributed by atoms with Gasteiger partial charge >= 0.3 is 0 Å². The molecule has 0 atom stereocenters. The zero-order valence-electron chi connectivity index (χ0n) is 22.3. The second kappa shape index (κ2) is 9.34. The minimum absolute atomic E-state index is 0.862. The molecule has 8 rings (SSSR count). The SMILES string of the molecule is C=C/C=C(\C=C)c1cccc(-c2cc3c4c(c2)Oc2ccc5ccccc5c2P4c2c(ccc4ccccc24)O3)c1. The van der Waals surface area contributed by atoms with Crippen molar-refractivity contribution in [3.05, 3.63) is 146 Å². The lowest BCUT2D eigenvalue weighted by molar-refractivity contribution is 0.467. The first-order chi connectivity index (χ1) is 20.2. The van der Waals surface area contributed by atoms with Gasteiger partial charge < -0.3 is 9.47 Å². The van der Waals surface area contributed by atoms with E-state index >= 15 is 0 Å². The highest BCUT2D eigenvalue weighted by Gasteiger charge is 2.39. The van der Waals surface area contributed by atoms with Gasteiger partial charge in [0.25, 0.3) is 0 Å². The molecular formula is C38H25O2P. The second-order valence-corrected chi connectivity index (χ2v) is 12.3. The molecule has 0 aromatic heterocycles. The summed E-state index contributed by atoms with van der Waals surface area (Å²) in [6.07, 6.45) is 5.63. The molecule has 0 spiro atoms. The average molecular weight is 545 g/mol. The maximum absolute atomic E-state index is 6.75. The Morgan fingerprint density at radius 2 is 1.17 bits per heavy atom. The first-order valence-electron chi connectivity index (χ1n) is 13.7. The molecule has 6 aromatic rings. The Balaban J connectivity index is 1.40. The number of allylic oxidation sites excluding steroid dienone is 4. The second-order valence-electron chi connectivity index (χ2n) is 10.3.